The second kappa shape index (κ2) is 7.78. The molecule has 6 heteroatoms. The van der Waals surface area contributed by atoms with Crippen molar-refractivity contribution < 1.29 is 19.1 Å². The third-order valence-electron chi connectivity index (χ3n) is 5.06. The van der Waals surface area contributed by atoms with E-state index in [9.17, 15) is 14.4 Å². The van der Waals surface area contributed by atoms with Crippen LogP contribution in [0.4, 0.5) is 5.69 Å². The van der Waals surface area contributed by atoms with Gasteiger partial charge in [0.25, 0.3) is 0 Å². The number of hydrogen-bond donors (Lipinski definition) is 0. The Labute approximate surface area is 158 Å². The Hall–Kier alpha value is -2.89. The van der Waals surface area contributed by atoms with Gasteiger partial charge in [-0.3, -0.25) is 14.4 Å². The SMILES string of the molecule is COC(=O)[C@@H](C)CN(C)C(=O)[C@H]1CC(=O)N(c2cccc3ccccc23)C1. The van der Waals surface area contributed by atoms with Crippen LogP contribution in [0.3, 0.4) is 0 Å². The molecule has 0 aromatic heterocycles. The lowest BCUT2D eigenvalue weighted by Crippen LogP contribution is -2.38. The fourth-order valence-electron chi connectivity index (χ4n) is 3.64. The van der Waals surface area contributed by atoms with Gasteiger partial charge in [0.05, 0.1) is 24.6 Å². The zero-order chi connectivity index (χ0) is 19.6. The number of ether oxygens (including phenoxy) is 1. The molecular formula is C21H24N2O4. The summed E-state index contributed by atoms with van der Waals surface area (Å²) in [5.74, 6) is -1.35. The number of benzene rings is 2. The number of rotatable bonds is 5. The maximum absolute atomic E-state index is 12.8. The molecule has 0 N–H and O–H groups in total. The van der Waals surface area contributed by atoms with Crippen molar-refractivity contribution in [1.29, 1.82) is 0 Å². The summed E-state index contributed by atoms with van der Waals surface area (Å²) in [6.45, 7) is 2.34. The van der Waals surface area contributed by atoms with E-state index < -0.39 is 11.8 Å². The monoisotopic (exact) mass is 368 g/mol. The summed E-state index contributed by atoms with van der Waals surface area (Å²) in [5, 5.41) is 2.05. The molecule has 2 amide bonds. The van der Waals surface area contributed by atoms with Gasteiger partial charge in [0.2, 0.25) is 11.8 Å². The van der Waals surface area contributed by atoms with Crippen LogP contribution in [0.15, 0.2) is 42.5 Å². The van der Waals surface area contributed by atoms with Crippen molar-refractivity contribution >= 4 is 34.2 Å². The van der Waals surface area contributed by atoms with E-state index in [1.165, 1.54) is 12.0 Å². The molecule has 27 heavy (non-hydrogen) atoms. The van der Waals surface area contributed by atoms with Crippen LogP contribution in [0.5, 0.6) is 0 Å². The Morgan fingerprint density at radius 2 is 1.93 bits per heavy atom. The van der Waals surface area contributed by atoms with Gasteiger partial charge in [0.1, 0.15) is 0 Å². The number of methoxy groups -OCH3 is 1. The second-order valence-corrected chi connectivity index (χ2v) is 7.05. The topological polar surface area (TPSA) is 66.9 Å². The van der Waals surface area contributed by atoms with Gasteiger partial charge >= 0.3 is 5.97 Å². The Bertz CT molecular complexity index is 874. The molecule has 0 spiro atoms. The molecule has 0 saturated carbocycles. The molecule has 2 aromatic carbocycles. The van der Waals surface area contributed by atoms with Crippen LogP contribution in [0.25, 0.3) is 10.8 Å². The van der Waals surface area contributed by atoms with Gasteiger partial charge in [-0.2, -0.15) is 0 Å². The van der Waals surface area contributed by atoms with Crippen LogP contribution in [-0.4, -0.2) is 49.9 Å². The van der Waals surface area contributed by atoms with E-state index >= 15 is 0 Å². The smallest absolute Gasteiger partial charge is 0.310 e. The predicted octanol–water partition coefficient (Wildman–Crippen LogP) is 2.46. The summed E-state index contributed by atoms with van der Waals surface area (Å²) < 4.78 is 4.71. The minimum atomic E-state index is -0.411. The summed E-state index contributed by atoms with van der Waals surface area (Å²) in [6, 6.07) is 13.7. The molecule has 1 fully saturated rings. The van der Waals surface area contributed by atoms with Crippen LogP contribution in [0.2, 0.25) is 0 Å². The van der Waals surface area contributed by atoms with Crippen molar-refractivity contribution in [3.8, 4) is 0 Å². The zero-order valence-corrected chi connectivity index (χ0v) is 15.8. The van der Waals surface area contributed by atoms with Crippen molar-refractivity contribution in [2.75, 3.05) is 32.1 Å². The van der Waals surface area contributed by atoms with Crippen LogP contribution in [0.1, 0.15) is 13.3 Å². The van der Waals surface area contributed by atoms with E-state index in [1.807, 2.05) is 42.5 Å². The molecule has 0 radical (unpaired) electrons. The molecule has 6 nitrogen and oxygen atoms in total. The average Bonchev–Trinajstić information content (AvgIpc) is 3.07. The molecule has 1 saturated heterocycles. The Kier molecular flexibility index (Phi) is 5.44. The maximum atomic E-state index is 12.8. The number of nitrogens with zero attached hydrogens (tertiary/aromatic N) is 2. The average molecular weight is 368 g/mol. The Morgan fingerprint density at radius 1 is 1.22 bits per heavy atom. The molecule has 0 aliphatic carbocycles. The molecule has 1 aliphatic rings. The fraction of sp³-hybridized carbons (Fsp3) is 0.381. The quantitative estimate of drug-likeness (QED) is 0.761. The lowest BCUT2D eigenvalue weighted by Gasteiger charge is -2.24. The number of fused-ring (bicyclic) bond motifs is 1. The lowest BCUT2D eigenvalue weighted by molar-refractivity contribution is -0.146. The molecule has 1 aliphatic heterocycles. The first kappa shape index (κ1) is 18.9. The number of carbonyl (C=O) groups excluding carboxylic acids is 3. The minimum Gasteiger partial charge on any atom is -0.469 e. The van der Waals surface area contributed by atoms with E-state index in [-0.39, 0.29) is 30.7 Å². The van der Waals surface area contributed by atoms with Crippen LogP contribution < -0.4 is 4.90 Å². The van der Waals surface area contributed by atoms with Crippen molar-refractivity contribution in [1.82, 2.24) is 4.90 Å². The Morgan fingerprint density at radius 3 is 2.67 bits per heavy atom. The highest BCUT2D eigenvalue weighted by Crippen LogP contribution is 2.32. The van der Waals surface area contributed by atoms with Gasteiger partial charge < -0.3 is 14.5 Å². The summed E-state index contributed by atoms with van der Waals surface area (Å²) in [5.41, 5.74) is 0.832. The number of hydrogen-bond acceptors (Lipinski definition) is 4. The highest BCUT2D eigenvalue weighted by molar-refractivity contribution is 6.07. The van der Waals surface area contributed by atoms with Crippen LogP contribution >= 0.6 is 0 Å². The maximum Gasteiger partial charge on any atom is 0.310 e. The van der Waals surface area contributed by atoms with Crippen LogP contribution in [-0.2, 0) is 19.1 Å². The first-order valence-corrected chi connectivity index (χ1v) is 9.03. The summed E-state index contributed by atoms with van der Waals surface area (Å²) >= 11 is 0. The van der Waals surface area contributed by atoms with Gasteiger partial charge in [0.15, 0.2) is 0 Å². The molecule has 2 aromatic rings. The van der Waals surface area contributed by atoms with Crippen molar-refractivity contribution in [2.24, 2.45) is 11.8 Å². The summed E-state index contributed by atoms with van der Waals surface area (Å²) in [7, 11) is 2.99. The van der Waals surface area contributed by atoms with Gasteiger partial charge in [-0.15, -0.1) is 0 Å². The third-order valence-corrected chi connectivity index (χ3v) is 5.06. The highest BCUT2D eigenvalue weighted by Gasteiger charge is 2.37. The molecule has 1 heterocycles. The van der Waals surface area contributed by atoms with Crippen molar-refractivity contribution in [3.05, 3.63) is 42.5 Å². The van der Waals surface area contributed by atoms with Crippen molar-refractivity contribution in [2.45, 2.75) is 13.3 Å². The fourth-order valence-corrected chi connectivity index (χ4v) is 3.64. The van der Waals surface area contributed by atoms with E-state index in [4.69, 9.17) is 4.74 Å². The van der Waals surface area contributed by atoms with E-state index in [0.717, 1.165) is 16.5 Å². The number of carbonyl (C=O) groups is 3. The molecule has 3 rings (SSSR count). The second-order valence-electron chi connectivity index (χ2n) is 7.05. The standard InChI is InChI=1S/C21H24N2O4/c1-14(21(26)27-3)12-22(2)20(25)16-11-19(24)23(13-16)18-10-6-8-15-7-4-5-9-17(15)18/h4-10,14,16H,11-13H2,1-3H3/t14-,16-/m0/s1. The van der Waals surface area contributed by atoms with E-state index in [0.29, 0.717) is 6.54 Å². The van der Waals surface area contributed by atoms with Gasteiger partial charge in [-0.1, -0.05) is 43.3 Å². The molecule has 0 unspecified atom stereocenters. The van der Waals surface area contributed by atoms with Gasteiger partial charge in [0, 0.05) is 31.9 Å². The first-order valence-electron chi connectivity index (χ1n) is 9.03. The number of esters is 1. The minimum absolute atomic E-state index is 0.0564. The molecule has 142 valence electrons. The van der Waals surface area contributed by atoms with E-state index in [2.05, 4.69) is 0 Å². The summed E-state index contributed by atoms with van der Waals surface area (Å²) in [4.78, 5) is 40.2. The van der Waals surface area contributed by atoms with Gasteiger partial charge in [-0.25, -0.2) is 0 Å². The van der Waals surface area contributed by atoms with Crippen LogP contribution in [0, 0.1) is 11.8 Å². The lowest BCUT2D eigenvalue weighted by atomic mass is 10.1. The third kappa shape index (κ3) is 3.79. The first-order chi connectivity index (χ1) is 12.9. The Balaban J connectivity index is 1.75. The van der Waals surface area contributed by atoms with Gasteiger partial charge in [-0.05, 0) is 11.5 Å². The largest absolute Gasteiger partial charge is 0.469 e. The number of amides is 2. The number of anilines is 1. The zero-order valence-electron chi connectivity index (χ0n) is 15.8. The molecular weight excluding hydrogens is 344 g/mol. The van der Waals surface area contributed by atoms with E-state index in [1.54, 1.807) is 18.9 Å². The summed E-state index contributed by atoms with van der Waals surface area (Å²) in [6.07, 6.45) is 0.180. The van der Waals surface area contributed by atoms with Crippen molar-refractivity contribution in [3.63, 3.8) is 0 Å². The normalized spacial score (nSPS) is 17.8. The molecule has 2 atom stereocenters. The highest BCUT2D eigenvalue weighted by atomic mass is 16.5. The molecule has 0 bridgehead atoms. The predicted molar refractivity (Wildman–Crippen MR) is 103 cm³/mol.